The average molecular weight is 216 g/mol. The highest BCUT2D eigenvalue weighted by Crippen LogP contribution is 2.26. The number of rotatable bonds is 1. The molecular weight excluding hydrogens is 200 g/mol. The van der Waals surface area contributed by atoms with Gasteiger partial charge in [-0.2, -0.15) is 0 Å². The quantitative estimate of drug-likeness (QED) is 0.791. The zero-order valence-electron chi connectivity index (χ0n) is 9.53. The molecule has 3 heteroatoms. The van der Waals surface area contributed by atoms with Gasteiger partial charge in [0.2, 0.25) is 0 Å². The Labute approximate surface area is 94.7 Å². The summed E-state index contributed by atoms with van der Waals surface area (Å²) >= 11 is 0. The number of aromatic nitrogens is 2. The van der Waals surface area contributed by atoms with E-state index in [4.69, 9.17) is 0 Å². The van der Waals surface area contributed by atoms with E-state index in [1.54, 1.807) is 0 Å². The lowest BCUT2D eigenvalue weighted by molar-refractivity contribution is 0.276. The second-order valence-corrected chi connectivity index (χ2v) is 4.52. The first-order valence-corrected chi connectivity index (χ1v) is 5.90. The normalized spacial score (nSPS) is 15.4. The van der Waals surface area contributed by atoms with E-state index in [9.17, 15) is 5.11 Å². The Bertz CT molecular complexity index is 542. The van der Waals surface area contributed by atoms with E-state index in [-0.39, 0.29) is 6.61 Å². The van der Waals surface area contributed by atoms with Crippen molar-refractivity contribution in [2.75, 3.05) is 0 Å². The van der Waals surface area contributed by atoms with Crippen molar-refractivity contribution < 1.29 is 5.11 Å². The molecule has 3 nitrogen and oxygen atoms in total. The van der Waals surface area contributed by atoms with Gasteiger partial charge in [-0.3, -0.25) is 0 Å². The molecule has 2 heterocycles. The fraction of sp³-hybridized carbons (Fsp3) is 0.462. The first-order chi connectivity index (χ1) is 7.81. The van der Waals surface area contributed by atoms with Crippen LogP contribution in [0, 0.1) is 6.92 Å². The SMILES string of the molecule is Cc1c(CO)nc2c3c(ccn12)CCCC3. The van der Waals surface area contributed by atoms with Crippen LogP contribution in [0.15, 0.2) is 12.3 Å². The lowest BCUT2D eigenvalue weighted by Crippen LogP contribution is -2.05. The van der Waals surface area contributed by atoms with Gasteiger partial charge in [-0.15, -0.1) is 0 Å². The molecular formula is C13H16N2O. The van der Waals surface area contributed by atoms with E-state index in [1.807, 2.05) is 6.92 Å². The van der Waals surface area contributed by atoms with Crippen LogP contribution in [-0.2, 0) is 19.4 Å². The molecule has 0 fully saturated rings. The summed E-state index contributed by atoms with van der Waals surface area (Å²) < 4.78 is 2.11. The maximum absolute atomic E-state index is 9.25. The van der Waals surface area contributed by atoms with Crippen LogP contribution in [0.1, 0.15) is 35.4 Å². The molecule has 0 saturated carbocycles. The molecule has 16 heavy (non-hydrogen) atoms. The highest BCUT2D eigenvalue weighted by Gasteiger charge is 2.16. The van der Waals surface area contributed by atoms with Gasteiger partial charge in [0, 0.05) is 11.9 Å². The molecule has 2 aromatic heterocycles. The van der Waals surface area contributed by atoms with Crippen LogP contribution >= 0.6 is 0 Å². The number of aryl methyl sites for hydroxylation is 3. The van der Waals surface area contributed by atoms with Gasteiger partial charge >= 0.3 is 0 Å². The van der Waals surface area contributed by atoms with Gasteiger partial charge in [0.15, 0.2) is 0 Å². The van der Waals surface area contributed by atoms with Crippen molar-refractivity contribution in [3.05, 3.63) is 34.8 Å². The standard InChI is InChI=1S/C13H16N2O/c1-9-12(8-16)14-13-11-5-3-2-4-10(11)6-7-15(9)13/h6-7,16H,2-5,8H2,1H3. The van der Waals surface area contributed by atoms with Crippen LogP contribution in [0.25, 0.3) is 5.65 Å². The highest BCUT2D eigenvalue weighted by molar-refractivity contribution is 5.55. The minimum Gasteiger partial charge on any atom is -0.390 e. The van der Waals surface area contributed by atoms with Crippen molar-refractivity contribution in [2.45, 2.75) is 39.2 Å². The van der Waals surface area contributed by atoms with Gasteiger partial charge in [-0.05, 0) is 49.8 Å². The molecule has 1 aliphatic rings. The van der Waals surface area contributed by atoms with Crippen LogP contribution in [-0.4, -0.2) is 14.5 Å². The number of hydrogen-bond acceptors (Lipinski definition) is 2. The van der Waals surface area contributed by atoms with Crippen molar-refractivity contribution in [3.63, 3.8) is 0 Å². The Morgan fingerprint density at radius 1 is 1.38 bits per heavy atom. The zero-order chi connectivity index (χ0) is 11.1. The third-order valence-electron chi connectivity index (χ3n) is 3.60. The van der Waals surface area contributed by atoms with Gasteiger partial charge in [-0.25, -0.2) is 4.98 Å². The zero-order valence-corrected chi connectivity index (χ0v) is 9.53. The summed E-state index contributed by atoms with van der Waals surface area (Å²) in [4.78, 5) is 4.56. The third-order valence-corrected chi connectivity index (χ3v) is 3.60. The maximum atomic E-state index is 9.25. The molecule has 0 bridgehead atoms. The predicted octanol–water partition coefficient (Wildman–Crippen LogP) is 2.01. The smallest absolute Gasteiger partial charge is 0.140 e. The summed E-state index contributed by atoms with van der Waals surface area (Å²) in [6, 6.07) is 2.21. The number of aliphatic hydroxyl groups excluding tert-OH is 1. The molecule has 2 aromatic rings. The van der Waals surface area contributed by atoms with Gasteiger partial charge in [0.1, 0.15) is 5.65 Å². The van der Waals surface area contributed by atoms with E-state index in [1.165, 1.54) is 30.4 Å². The number of fused-ring (bicyclic) bond motifs is 3. The van der Waals surface area contributed by atoms with E-state index < -0.39 is 0 Å². The summed E-state index contributed by atoms with van der Waals surface area (Å²) in [6.07, 6.45) is 6.93. The summed E-state index contributed by atoms with van der Waals surface area (Å²) in [5.41, 5.74) is 5.74. The predicted molar refractivity (Wildman–Crippen MR) is 62.5 cm³/mol. The number of pyridine rings is 1. The Morgan fingerprint density at radius 3 is 3.00 bits per heavy atom. The second-order valence-electron chi connectivity index (χ2n) is 4.52. The Kier molecular flexibility index (Phi) is 2.21. The van der Waals surface area contributed by atoms with Gasteiger partial charge < -0.3 is 9.51 Å². The van der Waals surface area contributed by atoms with E-state index in [0.29, 0.717) is 0 Å². The fourth-order valence-electron chi connectivity index (χ4n) is 2.64. The number of nitrogens with zero attached hydrogens (tertiary/aromatic N) is 2. The van der Waals surface area contributed by atoms with E-state index in [0.717, 1.165) is 23.5 Å². The average Bonchev–Trinajstić information content (AvgIpc) is 2.67. The molecule has 3 rings (SSSR count). The van der Waals surface area contributed by atoms with Crippen LogP contribution < -0.4 is 0 Å². The van der Waals surface area contributed by atoms with Crippen molar-refractivity contribution in [3.8, 4) is 0 Å². The van der Waals surface area contributed by atoms with E-state index >= 15 is 0 Å². The molecule has 0 aliphatic heterocycles. The lowest BCUT2D eigenvalue weighted by atomic mass is 9.93. The van der Waals surface area contributed by atoms with Crippen molar-refractivity contribution in [1.82, 2.24) is 9.38 Å². The van der Waals surface area contributed by atoms with Crippen molar-refractivity contribution in [2.24, 2.45) is 0 Å². The molecule has 1 N–H and O–H groups in total. The van der Waals surface area contributed by atoms with E-state index in [2.05, 4.69) is 21.6 Å². The summed E-state index contributed by atoms with van der Waals surface area (Å²) in [6.45, 7) is 2.04. The molecule has 0 aromatic carbocycles. The summed E-state index contributed by atoms with van der Waals surface area (Å²) in [7, 11) is 0. The highest BCUT2D eigenvalue weighted by atomic mass is 16.3. The number of hydrogen-bond donors (Lipinski definition) is 1. The Hall–Kier alpha value is -1.35. The Balaban J connectivity index is 2.31. The molecule has 0 amide bonds. The van der Waals surface area contributed by atoms with Crippen LogP contribution in [0.2, 0.25) is 0 Å². The monoisotopic (exact) mass is 216 g/mol. The first-order valence-electron chi connectivity index (χ1n) is 5.90. The maximum Gasteiger partial charge on any atom is 0.140 e. The van der Waals surface area contributed by atoms with Gasteiger partial charge in [0.25, 0.3) is 0 Å². The van der Waals surface area contributed by atoms with Crippen molar-refractivity contribution >= 4 is 5.65 Å². The largest absolute Gasteiger partial charge is 0.390 e. The fourth-order valence-corrected chi connectivity index (χ4v) is 2.64. The molecule has 84 valence electrons. The molecule has 0 unspecified atom stereocenters. The number of imidazole rings is 1. The lowest BCUT2D eigenvalue weighted by Gasteiger charge is -2.16. The summed E-state index contributed by atoms with van der Waals surface area (Å²) in [5, 5.41) is 9.25. The van der Waals surface area contributed by atoms with Crippen LogP contribution in [0.5, 0.6) is 0 Å². The summed E-state index contributed by atoms with van der Waals surface area (Å²) in [5.74, 6) is 0. The van der Waals surface area contributed by atoms with Gasteiger partial charge in [0.05, 0.1) is 12.3 Å². The first kappa shape index (κ1) is 9.85. The van der Waals surface area contributed by atoms with Crippen LogP contribution in [0.3, 0.4) is 0 Å². The molecule has 0 saturated heterocycles. The third kappa shape index (κ3) is 1.28. The van der Waals surface area contributed by atoms with Crippen LogP contribution in [0.4, 0.5) is 0 Å². The second kappa shape index (κ2) is 3.59. The molecule has 0 atom stereocenters. The number of aliphatic hydroxyl groups is 1. The molecule has 0 radical (unpaired) electrons. The van der Waals surface area contributed by atoms with Gasteiger partial charge in [-0.1, -0.05) is 0 Å². The van der Waals surface area contributed by atoms with Crippen molar-refractivity contribution in [1.29, 1.82) is 0 Å². The molecule has 1 aliphatic carbocycles. The topological polar surface area (TPSA) is 37.5 Å². The molecule has 0 spiro atoms. The minimum atomic E-state index is 0.0300. The minimum absolute atomic E-state index is 0.0300. The Morgan fingerprint density at radius 2 is 2.19 bits per heavy atom.